The molecule has 0 radical (unpaired) electrons. The topological polar surface area (TPSA) is 33.7 Å². The average Bonchev–Trinajstić information content (AvgIpc) is 3.69. The van der Waals surface area contributed by atoms with Crippen LogP contribution in [-0.4, -0.2) is 16.1 Å². The molecule has 50 heavy (non-hydrogen) atoms. The van der Waals surface area contributed by atoms with E-state index in [1.165, 1.54) is 88.3 Å². The Morgan fingerprint density at radius 3 is 2.16 bits per heavy atom. The summed E-state index contributed by atoms with van der Waals surface area (Å²) in [6, 6.07) is 44.6. The van der Waals surface area contributed by atoms with Crippen LogP contribution in [0.15, 0.2) is 126 Å². The van der Waals surface area contributed by atoms with Gasteiger partial charge in [-0.15, -0.1) is 0 Å². The molecule has 230 valence electrons. The number of benzene rings is 7. The van der Waals surface area contributed by atoms with Crippen molar-refractivity contribution in [1.82, 2.24) is 9.38 Å². The summed E-state index contributed by atoms with van der Waals surface area (Å²) in [5.74, 6) is 0. The maximum Gasteiger partial charge on any atom is 0.253 e. The molecule has 5 heteroatoms. The quantitative estimate of drug-likeness (QED) is 0.133. The molecule has 0 N–H and O–H groups in total. The Morgan fingerprint density at radius 2 is 1.26 bits per heavy atom. The first-order chi connectivity index (χ1) is 24.7. The molecule has 4 nitrogen and oxygen atoms in total. The SMILES string of the molecule is Cc1cccc2c1c1nc3ccc4c5c3n1c1c3c(cc(C)c21)N(c1cccc2c1oc1ccccc12)c1cccc(c1B53)-c1ccccc1-4. The Bertz CT molecular complexity index is 3260. The summed E-state index contributed by atoms with van der Waals surface area (Å²) in [5, 5.41) is 6.09. The summed E-state index contributed by atoms with van der Waals surface area (Å²) in [5.41, 5.74) is 21.6. The van der Waals surface area contributed by atoms with Gasteiger partial charge in [0.1, 0.15) is 11.2 Å². The number of nitrogens with zero attached hydrogens (tertiary/aromatic N) is 3. The van der Waals surface area contributed by atoms with E-state index < -0.39 is 0 Å². The molecule has 10 aromatic rings. The van der Waals surface area contributed by atoms with E-state index in [9.17, 15) is 0 Å². The zero-order valence-electron chi connectivity index (χ0n) is 27.4. The van der Waals surface area contributed by atoms with Crippen molar-refractivity contribution < 1.29 is 4.42 Å². The number of para-hydroxylation sites is 2. The molecule has 0 fully saturated rings. The second-order valence-corrected chi connectivity index (χ2v) is 14.3. The van der Waals surface area contributed by atoms with Crippen LogP contribution in [0.25, 0.3) is 82.5 Å². The molecule has 0 atom stereocenters. The third-order valence-corrected chi connectivity index (χ3v) is 11.9. The molecule has 13 rings (SSSR count). The number of imidazole rings is 1. The Kier molecular flexibility index (Phi) is 4.33. The van der Waals surface area contributed by atoms with Gasteiger partial charge in [0.05, 0.1) is 22.2 Å². The van der Waals surface area contributed by atoms with Gasteiger partial charge in [0.15, 0.2) is 5.58 Å². The number of rotatable bonds is 1. The van der Waals surface area contributed by atoms with Crippen LogP contribution in [-0.2, 0) is 0 Å². The van der Waals surface area contributed by atoms with Crippen molar-refractivity contribution in [3.05, 3.63) is 132 Å². The second-order valence-electron chi connectivity index (χ2n) is 14.3. The van der Waals surface area contributed by atoms with E-state index in [0.29, 0.717) is 0 Å². The summed E-state index contributed by atoms with van der Waals surface area (Å²) in [7, 11) is 0. The van der Waals surface area contributed by atoms with Crippen LogP contribution in [0.4, 0.5) is 17.1 Å². The van der Waals surface area contributed by atoms with E-state index in [1.54, 1.807) is 0 Å². The third-order valence-electron chi connectivity index (χ3n) is 11.9. The minimum Gasteiger partial charge on any atom is -0.454 e. The Balaban J connectivity index is 1.32. The van der Waals surface area contributed by atoms with E-state index in [-0.39, 0.29) is 6.71 Å². The molecule has 3 aliphatic heterocycles. The Morgan fingerprint density at radius 1 is 0.540 bits per heavy atom. The minimum absolute atomic E-state index is 0.0335. The molecule has 0 saturated carbocycles. The molecule has 0 amide bonds. The molecular weight excluding hydrogens is 609 g/mol. The largest absolute Gasteiger partial charge is 0.454 e. The highest BCUT2D eigenvalue weighted by atomic mass is 16.3. The monoisotopic (exact) mass is 635 g/mol. The van der Waals surface area contributed by atoms with Crippen molar-refractivity contribution in [2.24, 2.45) is 0 Å². The summed E-state index contributed by atoms with van der Waals surface area (Å²) in [6.45, 7) is 4.55. The van der Waals surface area contributed by atoms with Gasteiger partial charge in [-0.3, -0.25) is 4.40 Å². The molecule has 0 bridgehead atoms. The third kappa shape index (κ3) is 2.74. The van der Waals surface area contributed by atoms with Crippen LogP contribution in [0.3, 0.4) is 0 Å². The maximum absolute atomic E-state index is 6.76. The fourth-order valence-corrected chi connectivity index (χ4v) is 10.1. The average molecular weight is 636 g/mol. The molecule has 3 aliphatic rings. The van der Waals surface area contributed by atoms with Crippen LogP contribution in [0.5, 0.6) is 0 Å². The highest BCUT2D eigenvalue weighted by Crippen LogP contribution is 2.49. The highest BCUT2D eigenvalue weighted by Gasteiger charge is 2.46. The zero-order valence-corrected chi connectivity index (χ0v) is 27.4. The lowest BCUT2D eigenvalue weighted by Gasteiger charge is -2.40. The number of anilines is 3. The number of hydrogen-bond acceptors (Lipinski definition) is 3. The van der Waals surface area contributed by atoms with Gasteiger partial charge < -0.3 is 9.32 Å². The van der Waals surface area contributed by atoms with Gasteiger partial charge in [-0.25, -0.2) is 4.98 Å². The van der Waals surface area contributed by atoms with Crippen LogP contribution < -0.4 is 21.3 Å². The van der Waals surface area contributed by atoms with Crippen LogP contribution in [0.1, 0.15) is 11.1 Å². The van der Waals surface area contributed by atoms with Gasteiger partial charge in [-0.05, 0) is 99.3 Å². The number of aromatic nitrogens is 2. The van der Waals surface area contributed by atoms with E-state index in [2.05, 4.69) is 144 Å². The Labute approximate surface area is 286 Å². The number of hydrogen-bond donors (Lipinski definition) is 0. The first-order valence-electron chi connectivity index (χ1n) is 17.4. The number of pyridine rings is 1. The maximum atomic E-state index is 6.76. The number of aryl methyl sites for hydroxylation is 2. The highest BCUT2D eigenvalue weighted by molar-refractivity contribution is 7.02. The predicted octanol–water partition coefficient (Wildman–Crippen LogP) is 9.57. The van der Waals surface area contributed by atoms with E-state index in [0.717, 1.165) is 38.8 Å². The summed E-state index contributed by atoms with van der Waals surface area (Å²) in [4.78, 5) is 7.98. The fourth-order valence-electron chi connectivity index (χ4n) is 10.1. The van der Waals surface area contributed by atoms with E-state index in [4.69, 9.17) is 9.40 Å². The van der Waals surface area contributed by atoms with Crippen LogP contribution >= 0.6 is 0 Å². The van der Waals surface area contributed by atoms with Gasteiger partial charge in [-0.2, -0.15) is 0 Å². The van der Waals surface area contributed by atoms with Crippen molar-refractivity contribution >= 4 is 100 Å². The van der Waals surface area contributed by atoms with Crippen molar-refractivity contribution in [3.63, 3.8) is 0 Å². The number of fused-ring (bicyclic) bond motifs is 9. The van der Waals surface area contributed by atoms with Crippen molar-refractivity contribution in [3.8, 4) is 22.3 Å². The van der Waals surface area contributed by atoms with Crippen molar-refractivity contribution in [2.45, 2.75) is 13.8 Å². The number of furan rings is 1. The lowest BCUT2D eigenvalue weighted by atomic mass is 9.33. The molecule has 0 saturated heterocycles. The lowest BCUT2D eigenvalue weighted by molar-refractivity contribution is 0.669. The summed E-state index contributed by atoms with van der Waals surface area (Å²) < 4.78 is 9.30. The summed E-state index contributed by atoms with van der Waals surface area (Å²) in [6.07, 6.45) is 0. The molecule has 0 spiro atoms. The van der Waals surface area contributed by atoms with Gasteiger partial charge in [0, 0.05) is 32.9 Å². The van der Waals surface area contributed by atoms with E-state index >= 15 is 0 Å². The van der Waals surface area contributed by atoms with Gasteiger partial charge >= 0.3 is 0 Å². The molecular formula is C45H26BN3O. The first kappa shape index (κ1) is 25.7. The molecule has 0 aliphatic carbocycles. The summed E-state index contributed by atoms with van der Waals surface area (Å²) >= 11 is 0. The van der Waals surface area contributed by atoms with Gasteiger partial charge in [-0.1, -0.05) is 91.0 Å². The minimum atomic E-state index is 0.0335. The van der Waals surface area contributed by atoms with Gasteiger partial charge in [0.25, 0.3) is 6.71 Å². The van der Waals surface area contributed by atoms with Gasteiger partial charge in [0.2, 0.25) is 0 Å². The van der Waals surface area contributed by atoms with Crippen molar-refractivity contribution in [1.29, 1.82) is 0 Å². The molecule has 6 heterocycles. The smallest absolute Gasteiger partial charge is 0.253 e. The molecule has 0 unspecified atom stereocenters. The lowest BCUT2D eigenvalue weighted by Crippen LogP contribution is -2.60. The standard InChI is InChI=1S/C45H26BN3O/c1-23-10-7-16-31-37-24(2)22-35-41-43(37)49-42-32(47-45(49)38(23)31)21-20-29-26-12-4-3-11-25(26)28-14-8-17-33(39(28)46(41)40(29)42)48(35)34-18-9-15-30-27-13-5-6-19-36(27)50-44(30)34/h3-22H,1-2H3. The second kappa shape index (κ2) is 8.45. The predicted molar refractivity (Wildman–Crippen MR) is 208 cm³/mol. The van der Waals surface area contributed by atoms with Crippen LogP contribution in [0.2, 0.25) is 0 Å². The zero-order chi connectivity index (χ0) is 32.6. The Hall–Kier alpha value is -6.33. The molecule has 7 aromatic carbocycles. The van der Waals surface area contributed by atoms with E-state index in [1.807, 2.05) is 0 Å². The first-order valence-corrected chi connectivity index (χ1v) is 17.4. The normalized spacial score (nSPS) is 13.7. The van der Waals surface area contributed by atoms with Crippen LogP contribution in [0, 0.1) is 13.8 Å². The fraction of sp³-hybridized carbons (Fsp3) is 0.0444. The molecule has 3 aromatic heterocycles. The van der Waals surface area contributed by atoms with Crippen molar-refractivity contribution in [2.75, 3.05) is 4.90 Å².